The van der Waals surface area contributed by atoms with Crippen LogP contribution in [0.4, 0.5) is 0 Å². The maximum absolute atomic E-state index is 10.0. The van der Waals surface area contributed by atoms with Gasteiger partial charge in [0.15, 0.2) is 0 Å². The summed E-state index contributed by atoms with van der Waals surface area (Å²) in [5, 5.41) is 0. The minimum absolute atomic E-state index is 0. The molecule has 0 aromatic heterocycles. The predicted molar refractivity (Wildman–Crippen MR) is 44.5 cm³/mol. The summed E-state index contributed by atoms with van der Waals surface area (Å²) in [4.78, 5) is 8.24. The first-order chi connectivity index (χ1) is 5.27. The van der Waals surface area contributed by atoms with Crippen LogP contribution in [0.3, 0.4) is 0 Å². The van der Waals surface area contributed by atoms with Crippen molar-refractivity contribution in [2.24, 2.45) is 0 Å². The molecule has 1 atom stereocenters. The second-order valence-corrected chi connectivity index (χ2v) is 3.22. The third-order valence-electron chi connectivity index (χ3n) is 1.45. The average molecular weight is 323 g/mol. The van der Waals surface area contributed by atoms with Crippen LogP contribution in [0.5, 0.6) is 0 Å². The minimum atomic E-state index is -2.37. The third-order valence-corrected chi connectivity index (χ3v) is 1.85. The van der Waals surface area contributed by atoms with Gasteiger partial charge in [0.25, 0.3) is 0 Å². The number of unbranched alkanes of at least 4 members (excludes halogenated alkanes) is 4. The standard InChI is InChI=1S/C7H15O3P.Nd/c1-2-3-4-5-6-7-10-11(8)9;/h2-7H2,1H3;/p+1. The number of rotatable bonds is 7. The van der Waals surface area contributed by atoms with Gasteiger partial charge in [-0.25, -0.2) is 0 Å². The zero-order valence-electron chi connectivity index (χ0n) is 7.45. The molecule has 70 valence electrons. The van der Waals surface area contributed by atoms with E-state index in [4.69, 9.17) is 4.89 Å². The van der Waals surface area contributed by atoms with Crippen LogP contribution >= 0.6 is 8.25 Å². The normalized spacial score (nSPS) is 10.7. The van der Waals surface area contributed by atoms with Crippen molar-refractivity contribution in [2.75, 3.05) is 6.61 Å². The van der Waals surface area contributed by atoms with Crippen LogP contribution in [0.25, 0.3) is 0 Å². The monoisotopic (exact) mass is 321 g/mol. The van der Waals surface area contributed by atoms with Crippen molar-refractivity contribution in [2.45, 2.75) is 39.0 Å². The molecule has 12 heavy (non-hydrogen) atoms. The minimum Gasteiger partial charge on any atom is -0.133 e. The van der Waals surface area contributed by atoms with Crippen LogP contribution in [0.15, 0.2) is 0 Å². The molecule has 0 aliphatic carbocycles. The van der Waals surface area contributed by atoms with Gasteiger partial charge in [0.1, 0.15) is 6.61 Å². The molecule has 0 fully saturated rings. The van der Waals surface area contributed by atoms with E-state index >= 15 is 0 Å². The zero-order chi connectivity index (χ0) is 8.53. The maximum Gasteiger partial charge on any atom is 0.694 e. The van der Waals surface area contributed by atoms with Crippen molar-refractivity contribution < 1.29 is 54.8 Å². The molecule has 3 nitrogen and oxygen atoms in total. The fourth-order valence-electron chi connectivity index (χ4n) is 0.848. The first-order valence-corrected chi connectivity index (χ1v) is 5.19. The predicted octanol–water partition coefficient (Wildman–Crippen LogP) is 2.62. The van der Waals surface area contributed by atoms with Gasteiger partial charge in [-0.15, -0.1) is 9.42 Å². The van der Waals surface area contributed by atoms with Gasteiger partial charge in [-0.1, -0.05) is 32.6 Å². The van der Waals surface area contributed by atoms with Crippen molar-refractivity contribution in [1.82, 2.24) is 0 Å². The molecular weight excluding hydrogens is 307 g/mol. The Labute approximate surface area is 108 Å². The summed E-state index contributed by atoms with van der Waals surface area (Å²) in [6.45, 7) is 2.57. The molecule has 0 saturated heterocycles. The Bertz CT molecular complexity index is 111. The molecule has 0 radical (unpaired) electrons. The van der Waals surface area contributed by atoms with Gasteiger partial charge in [0.05, 0.1) is 0 Å². The van der Waals surface area contributed by atoms with Crippen molar-refractivity contribution in [3.05, 3.63) is 0 Å². The Hall–Kier alpha value is 1.37. The maximum atomic E-state index is 10.0. The summed E-state index contributed by atoms with van der Waals surface area (Å²) in [7, 11) is -2.37. The smallest absolute Gasteiger partial charge is 0.133 e. The molecule has 0 heterocycles. The van der Waals surface area contributed by atoms with E-state index in [2.05, 4.69) is 11.4 Å². The van der Waals surface area contributed by atoms with Gasteiger partial charge < -0.3 is 0 Å². The quantitative estimate of drug-likeness (QED) is 0.579. The number of hydrogen-bond donors (Lipinski definition) is 1. The van der Waals surface area contributed by atoms with Gasteiger partial charge in [-0.2, -0.15) is 0 Å². The molecule has 0 aliphatic rings. The Morgan fingerprint density at radius 1 is 1.25 bits per heavy atom. The number of hydrogen-bond acceptors (Lipinski definition) is 2. The van der Waals surface area contributed by atoms with Crippen LogP contribution in [-0.2, 0) is 9.09 Å². The molecule has 0 rings (SSSR count). The summed E-state index contributed by atoms with van der Waals surface area (Å²) in [6.07, 6.45) is 5.64. The van der Waals surface area contributed by atoms with Gasteiger partial charge in [0, 0.05) is 45.4 Å². The van der Waals surface area contributed by atoms with E-state index in [-0.39, 0.29) is 40.8 Å². The van der Waals surface area contributed by atoms with E-state index in [0.717, 1.165) is 12.8 Å². The Morgan fingerprint density at radius 2 is 1.83 bits per heavy atom. The zero-order valence-corrected chi connectivity index (χ0v) is 11.6. The van der Waals surface area contributed by atoms with E-state index in [1.165, 1.54) is 19.3 Å². The Balaban J connectivity index is 0. The molecule has 0 amide bonds. The second kappa shape index (κ2) is 12.4. The fraction of sp³-hybridized carbons (Fsp3) is 1.00. The molecule has 5 heteroatoms. The molecular formula is C7H16NdO3P+. The van der Waals surface area contributed by atoms with E-state index in [1.807, 2.05) is 0 Å². The molecule has 1 N–H and O–H groups in total. The van der Waals surface area contributed by atoms with Crippen LogP contribution in [0, 0.1) is 40.8 Å². The first kappa shape index (κ1) is 15.8. The van der Waals surface area contributed by atoms with Crippen LogP contribution in [-0.4, -0.2) is 11.5 Å². The van der Waals surface area contributed by atoms with Gasteiger partial charge in [0.2, 0.25) is 0 Å². The SMILES string of the molecule is CCCCCCCO[P+](=O)O.[Nd]. The third kappa shape index (κ3) is 13.9. The summed E-state index contributed by atoms with van der Waals surface area (Å²) in [5.74, 6) is 0. The Morgan fingerprint density at radius 3 is 2.33 bits per heavy atom. The molecule has 0 aromatic carbocycles. The fourth-order valence-corrected chi connectivity index (χ4v) is 1.13. The van der Waals surface area contributed by atoms with Crippen molar-refractivity contribution in [1.29, 1.82) is 0 Å². The Kier molecular flexibility index (Phi) is 16.3. The van der Waals surface area contributed by atoms with E-state index in [9.17, 15) is 4.57 Å². The molecule has 1 unspecified atom stereocenters. The van der Waals surface area contributed by atoms with E-state index < -0.39 is 8.25 Å². The first-order valence-electron chi connectivity index (χ1n) is 4.06. The molecule has 0 aliphatic heterocycles. The van der Waals surface area contributed by atoms with E-state index in [1.54, 1.807) is 0 Å². The molecule has 0 aromatic rings. The summed E-state index contributed by atoms with van der Waals surface area (Å²) in [6, 6.07) is 0. The largest absolute Gasteiger partial charge is 0.694 e. The summed E-state index contributed by atoms with van der Waals surface area (Å²) in [5.41, 5.74) is 0. The molecule has 0 bridgehead atoms. The van der Waals surface area contributed by atoms with Crippen molar-refractivity contribution >= 4 is 8.25 Å². The second-order valence-electron chi connectivity index (χ2n) is 2.49. The van der Waals surface area contributed by atoms with Crippen LogP contribution < -0.4 is 0 Å². The van der Waals surface area contributed by atoms with Crippen molar-refractivity contribution in [3.63, 3.8) is 0 Å². The summed E-state index contributed by atoms with van der Waals surface area (Å²) >= 11 is 0. The molecule has 0 saturated carbocycles. The van der Waals surface area contributed by atoms with Crippen LogP contribution in [0.1, 0.15) is 39.0 Å². The van der Waals surface area contributed by atoms with Gasteiger partial charge in [-0.3, -0.25) is 0 Å². The van der Waals surface area contributed by atoms with Crippen LogP contribution in [0.2, 0.25) is 0 Å². The summed E-state index contributed by atoms with van der Waals surface area (Å²) < 4.78 is 14.5. The molecule has 0 spiro atoms. The van der Waals surface area contributed by atoms with E-state index in [0.29, 0.717) is 6.61 Å². The van der Waals surface area contributed by atoms with Gasteiger partial charge in [-0.05, 0) is 6.42 Å². The van der Waals surface area contributed by atoms with Gasteiger partial charge >= 0.3 is 8.25 Å². The average Bonchev–Trinajstić information content (AvgIpc) is 1.96. The van der Waals surface area contributed by atoms with Crippen molar-refractivity contribution in [3.8, 4) is 0 Å². The topological polar surface area (TPSA) is 46.5 Å².